The number of hydrogen-bond donors (Lipinski definition) is 1. The molecule has 4 heteroatoms. The summed E-state index contributed by atoms with van der Waals surface area (Å²) >= 11 is 0. The lowest BCUT2D eigenvalue weighted by Crippen LogP contribution is -2.22. The highest BCUT2D eigenvalue weighted by Gasteiger charge is 2.09. The Morgan fingerprint density at radius 1 is 1.24 bits per heavy atom. The van der Waals surface area contributed by atoms with Crippen LogP contribution in [0.25, 0.3) is 0 Å². The van der Waals surface area contributed by atoms with Crippen LogP contribution < -0.4 is 5.73 Å². The fourth-order valence-electron chi connectivity index (χ4n) is 2.35. The van der Waals surface area contributed by atoms with Crippen LogP contribution in [-0.2, 0) is 13.1 Å². The minimum Gasteiger partial charge on any atom is -0.399 e. The van der Waals surface area contributed by atoms with E-state index in [0.29, 0.717) is 6.04 Å². The molecule has 0 amide bonds. The molecule has 0 saturated carbocycles. The van der Waals surface area contributed by atoms with Crippen molar-refractivity contribution in [1.82, 2.24) is 14.7 Å². The van der Waals surface area contributed by atoms with Crippen molar-refractivity contribution < 1.29 is 0 Å². The number of nitrogens with two attached hydrogens (primary N) is 1. The van der Waals surface area contributed by atoms with Crippen LogP contribution >= 0.6 is 0 Å². The van der Waals surface area contributed by atoms with Crippen LogP contribution in [0.15, 0.2) is 36.5 Å². The van der Waals surface area contributed by atoms with E-state index in [1.807, 2.05) is 18.2 Å². The van der Waals surface area contributed by atoms with Gasteiger partial charge < -0.3 is 5.73 Å². The number of nitrogen functional groups attached to an aromatic ring is 1. The zero-order chi connectivity index (χ0) is 15.2. The quantitative estimate of drug-likeness (QED) is 0.793. The molecular formula is C17H26N4. The molecule has 1 unspecified atom stereocenters. The maximum absolute atomic E-state index is 5.85. The number of anilines is 1. The molecule has 0 fully saturated rings. The second-order valence-electron chi connectivity index (χ2n) is 5.59. The maximum Gasteiger partial charge on any atom is 0.0765 e. The van der Waals surface area contributed by atoms with Gasteiger partial charge in [0.1, 0.15) is 0 Å². The third kappa shape index (κ3) is 4.33. The zero-order valence-corrected chi connectivity index (χ0v) is 13.3. The van der Waals surface area contributed by atoms with Gasteiger partial charge in [-0.15, -0.1) is 0 Å². The normalized spacial score (nSPS) is 12.8. The third-order valence-electron chi connectivity index (χ3n) is 3.90. The molecule has 21 heavy (non-hydrogen) atoms. The number of rotatable bonds is 7. The molecule has 0 aliphatic rings. The second kappa shape index (κ2) is 7.27. The van der Waals surface area contributed by atoms with E-state index in [0.717, 1.165) is 37.4 Å². The van der Waals surface area contributed by atoms with Crippen LogP contribution in [0.3, 0.4) is 0 Å². The SMILES string of the molecule is CCC(C)n1ccc(CN(CC)Cc2cccc(N)c2)n1. The van der Waals surface area contributed by atoms with Crippen LogP contribution in [0.2, 0.25) is 0 Å². The molecule has 1 heterocycles. The molecule has 2 aromatic rings. The van der Waals surface area contributed by atoms with Crippen LogP contribution in [0.4, 0.5) is 5.69 Å². The molecule has 0 aliphatic carbocycles. The van der Waals surface area contributed by atoms with E-state index >= 15 is 0 Å². The van der Waals surface area contributed by atoms with Gasteiger partial charge in [0.15, 0.2) is 0 Å². The van der Waals surface area contributed by atoms with Crippen molar-refractivity contribution in [2.24, 2.45) is 0 Å². The van der Waals surface area contributed by atoms with Gasteiger partial charge in [-0.1, -0.05) is 26.0 Å². The summed E-state index contributed by atoms with van der Waals surface area (Å²) in [7, 11) is 0. The van der Waals surface area contributed by atoms with Gasteiger partial charge in [-0.05, 0) is 43.7 Å². The number of nitrogens with zero attached hydrogens (tertiary/aromatic N) is 3. The van der Waals surface area contributed by atoms with Crippen LogP contribution in [0.1, 0.15) is 44.5 Å². The smallest absolute Gasteiger partial charge is 0.0765 e. The lowest BCUT2D eigenvalue weighted by molar-refractivity contribution is 0.266. The van der Waals surface area contributed by atoms with Gasteiger partial charge in [0, 0.05) is 31.0 Å². The van der Waals surface area contributed by atoms with Crippen molar-refractivity contribution in [2.75, 3.05) is 12.3 Å². The molecule has 114 valence electrons. The summed E-state index contributed by atoms with van der Waals surface area (Å²) in [6.45, 7) is 9.32. The number of benzene rings is 1. The van der Waals surface area contributed by atoms with Crippen molar-refractivity contribution in [2.45, 2.75) is 46.3 Å². The molecule has 0 bridgehead atoms. The fraction of sp³-hybridized carbons (Fsp3) is 0.471. The maximum atomic E-state index is 5.85. The Morgan fingerprint density at radius 3 is 2.71 bits per heavy atom. The average molecular weight is 286 g/mol. The van der Waals surface area contributed by atoms with E-state index < -0.39 is 0 Å². The number of hydrogen-bond acceptors (Lipinski definition) is 3. The molecule has 1 atom stereocenters. The first-order valence-electron chi connectivity index (χ1n) is 7.73. The van der Waals surface area contributed by atoms with Crippen LogP contribution in [-0.4, -0.2) is 21.2 Å². The first kappa shape index (κ1) is 15.6. The second-order valence-corrected chi connectivity index (χ2v) is 5.59. The largest absolute Gasteiger partial charge is 0.399 e. The summed E-state index contributed by atoms with van der Waals surface area (Å²) in [5.41, 5.74) is 9.04. The van der Waals surface area contributed by atoms with E-state index in [1.165, 1.54) is 5.56 Å². The van der Waals surface area contributed by atoms with E-state index in [4.69, 9.17) is 5.73 Å². The molecule has 0 spiro atoms. The Morgan fingerprint density at radius 2 is 2.05 bits per heavy atom. The molecule has 0 radical (unpaired) electrons. The average Bonchev–Trinajstić information content (AvgIpc) is 2.94. The Labute approximate surface area is 127 Å². The lowest BCUT2D eigenvalue weighted by atomic mass is 10.2. The topological polar surface area (TPSA) is 47.1 Å². The highest BCUT2D eigenvalue weighted by molar-refractivity contribution is 5.40. The lowest BCUT2D eigenvalue weighted by Gasteiger charge is -2.19. The van der Waals surface area contributed by atoms with Gasteiger partial charge in [0.05, 0.1) is 5.69 Å². The van der Waals surface area contributed by atoms with E-state index in [9.17, 15) is 0 Å². The molecule has 4 nitrogen and oxygen atoms in total. The fourth-order valence-corrected chi connectivity index (χ4v) is 2.35. The standard InChI is InChI=1S/C17H26N4/c1-4-14(3)21-10-9-17(19-21)13-20(5-2)12-15-7-6-8-16(18)11-15/h6-11,14H,4-5,12-13,18H2,1-3H3. The molecule has 1 aromatic carbocycles. The third-order valence-corrected chi connectivity index (χ3v) is 3.90. The summed E-state index contributed by atoms with van der Waals surface area (Å²) in [6, 6.07) is 10.7. The van der Waals surface area contributed by atoms with Crippen molar-refractivity contribution in [3.63, 3.8) is 0 Å². The van der Waals surface area contributed by atoms with Crippen LogP contribution in [0, 0.1) is 0 Å². The minimum absolute atomic E-state index is 0.461. The van der Waals surface area contributed by atoms with Gasteiger partial charge in [-0.3, -0.25) is 9.58 Å². The molecule has 2 N–H and O–H groups in total. The van der Waals surface area contributed by atoms with Gasteiger partial charge >= 0.3 is 0 Å². The zero-order valence-electron chi connectivity index (χ0n) is 13.3. The summed E-state index contributed by atoms with van der Waals surface area (Å²) in [5.74, 6) is 0. The highest BCUT2D eigenvalue weighted by atomic mass is 15.3. The first-order chi connectivity index (χ1) is 10.1. The van der Waals surface area contributed by atoms with Crippen molar-refractivity contribution in [3.05, 3.63) is 47.8 Å². The predicted molar refractivity (Wildman–Crippen MR) is 87.9 cm³/mol. The first-order valence-corrected chi connectivity index (χ1v) is 7.73. The number of aromatic nitrogens is 2. The van der Waals surface area contributed by atoms with Gasteiger partial charge in [-0.2, -0.15) is 5.10 Å². The Hall–Kier alpha value is -1.81. The minimum atomic E-state index is 0.461. The summed E-state index contributed by atoms with van der Waals surface area (Å²) in [5, 5.41) is 4.68. The Bertz CT molecular complexity index is 561. The highest BCUT2D eigenvalue weighted by Crippen LogP contribution is 2.13. The predicted octanol–water partition coefficient (Wildman–Crippen LogP) is 3.46. The molecule has 0 saturated heterocycles. The molecule has 1 aromatic heterocycles. The van der Waals surface area contributed by atoms with Gasteiger partial charge in [0.25, 0.3) is 0 Å². The van der Waals surface area contributed by atoms with Gasteiger partial charge in [0.2, 0.25) is 0 Å². The molecule has 2 rings (SSSR count). The monoisotopic (exact) mass is 286 g/mol. The summed E-state index contributed by atoms with van der Waals surface area (Å²) in [4.78, 5) is 2.37. The van der Waals surface area contributed by atoms with Crippen molar-refractivity contribution in [1.29, 1.82) is 0 Å². The Balaban J connectivity index is 2.00. The summed E-state index contributed by atoms with van der Waals surface area (Å²) < 4.78 is 2.06. The van der Waals surface area contributed by atoms with Crippen molar-refractivity contribution >= 4 is 5.69 Å². The Kier molecular flexibility index (Phi) is 5.39. The van der Waals surface area contributed by atoms with Crippen molar-refractivity contribution in [3.8, 4) is 0 Å². The summed E-state index contributed by atoms with van der Waals surface area (Å²) in [6.07, 6.45) is 3.18. The molecule has 0 aliphatic heterocycles. The van der Waals surface area contributed by atoms with Crippen LogP contribution in [0.5, 0.6) is 0 Å². The van der Waals surface area contributed by atoms with E-state index in [2.05, 4.69) is 53.8 Å². The van der Waals surface area contributed by atoms with Gasteiger partial charge in [-0.25, -0.2) is 0 Å². The van der Waals surface area contributed by atoms with E-state index in [1.54, 1.807) is 0 Å². The van der Waals surface area contributed by atoms with E-state index in [-0.39, 0.29) is 0 Å². The molecular weight excluding hydrogens is 260 g/mol.